The molecule has 1 aromatic heterocycles. The summed E-state index contributed by atoms with van der Waals surface area (Å²) in [6, 6.07) is 2.46. The summed E-state index contributed by atoms with van der Waals surface area (Å²) < 4.78 is 7.58. The zero-order valence-corrected chi connectivity index (χ0v) is 13.2. The van der Waals surface area contributed by atoms with Gasteiger partial charge in [0.05, 0.1) is 11.8 Å². The van der Waals surface area contributed by atoms with Gasteiger partial charge in [0.2, 0.25) is 0 Å². The molecule has 0 bridgehead atoms. The van der Waals surface area contributed by atoms with Gasteiger partial charge in [-0.1, -0.05) is 27.7 Å². The van der Waals surface area contributed by atoms with Crippen molar-refractivity contribution >= 4 is 0 Å². The van der Waals surface area contributed by atoms with Crippen molar-refractivity contribution in [2.45, 2.75) is 65.6 Å². The fraction of sp³-hybridized carbons (Fsp3) is 0.800. The van der Waals surface area contributed by atoms with Crippen molar-refractivity contribution in [1.82, 2.24) is 9.78 Å². The molecule has 19 heavy (non-hydrogen) atoms. The average Bonchev–Trinajstić information content (AvgIpc) is 2.75. The second kappa shape index (κ2) is 6.53. The van der Waals surface area contributed by atoms with E-state index < -0.39 is 0 Å². The van der Waals surface area contributed by atoms with Gasteiger partial charge in [-0.15, -0.1) is 0 Å². The monoisotopic (exact) mass is 267 g/mol. The van der Waals surface area contributed by atoms with E-state index in [9.17, 15) is 0 Å². The van der Waals surface area contributed by atoms with Gasteiger partial charge < -0.3 is 10.5 Å². The lowest BCUT2D eigenvalue weighted by Gasteiger charge is -2.33. The maximum absolute atomic E-state index is 6.29. The van der Waals surface area contributed by atoms with Gasteiger partial charge in [0.15, 0.2) is 0 Å². The predicted octanol–water partition coefficient (Wildman–Crippen LogP) is 2.79. The summed E-state index contributed by atoms with van der Waals surface area (Å²) in [6.45, 7) is 10.8. The fourth-order valence-electron chi connectivity index (χ4n) is 2.44. The van der Waals surface area contributed by atoms with Crippen molar-refractivity contribution in [1.29, 1.82) is 0 Å². The molecule has 1 heterocycles. The molecule has 0 fully saturated rings. The zero-order valence-electron chi connectivity index (χ0n) is 13.2. The molecule has 1 rings (SSSR count). The van der Waals surface area contributed by atoms with E-state index in [-0.39, 0.29) is 17.6 Å². The number of ether oxygens (including phenoxy) is 1. The van der Waals surface area contributed by atoms with Gasteiger partial charge >= 0.3 is 0 Å². The molecule has 4 nitrogen and oxygen atoms in total. The van der Waals surface area contributed by atoms with E-state index in [1.165, 1.54) is 0 Å². The van der Waals surface area contributed by atoms with E-state index in [0.717, 1.165) is 18.5 Å². The highest BCUT2D eigenvalue weighted by molar-refractivity contribution is 5.04. The maximum atomic E-state index is 6.29. The van der Waals surface area contributed by atoms with Gasteiger partial charge in [0.25, 0.3) is 0 Å². The maximum Gasteiger partial charge on any atom is 0.0774 e. The van der Waals surface area contributed by atoms with E-state index in [0.29, 0.717) is 6.04 Å². The molecule has 0 saturated heterocycles. The van der Waals surface area contributed by atoms with Crippen molar-refractivity contribution in [3.05, 3.63) is 18.0 Å². The fourth-order valence-corrected chi connectivity index (χ4v) is 2.44. The van der Waals surface area contributed by atoms with Crippen LogP contribution in [0.5, 0.6) is 0 Å². The number of aromatic nitrogens is 2. The molecule has 1 aromatic rings. The number of nitrogens with zero attached hydrogens (tertiary/aromatic N) is 2. The van der Waals surface area contributed by atoms with E-state index >= 15 is 0 Å². The van der Waals surface area contributed by atoms with Gasteiger partial charge in [0.1, 0.15) is 0 Å². The number of hydrogen-bond acceptors (Lipinski definition) is 3. The lowest BCUT2D eigenvalue weighted by Crippen LogP contribution is -2.46. The Morgan fingerprint density at radius 1 is 1.42 bits per heavy atom. The van der Waals surface area contributed by atoms with Crippen LogP contribution in [0.1, 0.15) is 52.8 Å². The minimum atomic E-state index is -0.0368. The van der Waals surface area contributed by atoms with Crippen molar-refractivity contribution < 1.29 is 4.74 Å². The predicted molar refractivity (Wildman–Crippen MR) is 79.2 cm³/mol. The Morgan fingerprint density at radius 3 is 2.53 bits per heavy atom. The van der Waals surface area contributed by atoms with Crippen LogP contribution in [0.25, 0.3) is 0 Å². The topological polar surface area (TPSA) is 53.1 Å². The Labute approximate surface area is 117 Å². The molecule has 3 atom stereocenters. The van der Waals surface area contributed by atoms with Gasteiger partial charge in [0, 0.05) is 31.8 Å². The average molecular weight is 267 g/mol. The van der Waals surface area contributed by atoms with Crippen LogP contribution in [0.4, 0.5) is 0 Å². The Morgan fingerprint density at radius 2 is 2.05 bits per heavy atom. The third-order valence-electron chi connectivity index (χ3n) is 3.65. The number of methoxy groups -OCH3 is 1. The summed E-state index contributed by atoms with van der Waals surface area (Å²) in [5.74, 6) is 0. The quantitative estimate of drug-likeness (QED) is 0.862. The Balaban J connectivity index is 2.71. The molecular weight excluding hydrogens is 238 g/mol. The molecule has 0 aliphatic carbocycles. The van der Waals surface area contributed by atoms with Crippen LogP contribution >= 0.6 is 0 Å². The van der Waals surface area contributed by atoms with Crippen molar-refractivity contribution in [2.75, 3.05) is 7.11 Å². The Kier molecular flexibility index (Phi) is 5.56. The lowest BCUT2D eigenvalue weighted by atomic mass is 9.83. The van der Waals surface area contributed by atoms with Crippen LogP contribution in [-0.4, -0.2) is 29.0 Å². The molecular formula is C15H29N3O. The van der Waals surface area contributed by atoms with Crippen LogP contribution in [0, 0.1) is 5.41 Å². The highest BCUT2D eigenvalue weighted by Gasteiger charge is 2.30. The third-order valence-corrected chi connectivity index (χ3v) is 3.65. The number of nitrogens with two attached hydrogens (primary N) is 1. The Bertz CT molecular complexity index is 381. The lowest BCUT2D eigenvalue weighted by molar-refractivity contribution is -0.00187. The van der Waals surface area contributed by atoms with Crippen LogP contribution in [0.15, 0.2) is 12.3 Å². The molecule has 0 spiro atoms. The van der Waals surface area contributed by atoms with Gasteiger partial charge in [-0.05, 0) is 24.8 Å². The molecule has 110 valence electrons. The van der Waals surface area contributed by atoms with Gasteiger partial charge in [-0.25, -0.2) is 0 Å². The van der Waals surface area contributed by atoms with Crippen LogP contribution in [0.2, 0.25) is 0 Å². The SMILES string of the molecule is CCC(C)n1ccc(CC(N)C(OC)C(C)(C)C)n1. The van der Waals surface area contributed by atoms with E-state index in [1.807, 2.05) is 10.9 Å². The van der Waals surface area contributed by atoms with Crippen molar-refractivity contribution in [3.63, 3.8) is 0 Å². The first-order valence-corrected chi connectivity index (χ1v) is 7.12. The van der Waals surface area contributed by atoms with Crippen LogP contribution < -0.4 is 5.73 Å². The molecule has 0 amide bonds. The van der Waals surface area contributed by atoms with Gasteiger partial charge in [-0.3, -0.25) is 4.68 Å². The largest absolute Gasteiger partial charge is 0.379 e. The minimum Gasteiger partial charge on any atom is -0.379 e. The summed E-state index contributed by atoms with van der Waals surface area (Å²) in [5, 5.41) is 4.60. The molecule has 4 heteroatoms. The first-order valence-electron chi connectivity index (χ1n) is 7.12. The van der Waals surface area contributed by atoms with Gasteiger partial charge in [-0.2, -0.15) is 5.10 Å². The molecule has 2 N–H and O–H groups in total. The summed E-state index contributed by atoms with van der Waals surface area (Å²) in [5.41, 5.74) is 7.37. The standard InChI is InChI=1S/C15H29N3O/c1-7-11(2)18-9-8-12(17-18)10-13(16)14(19-6)15(3,4)5/h8-9,11,13-14H,7,10,16H2,1-6H3. The summed E-state index contributed by atoms with van der Waals surface area (Å²) in [7, 11) is 1.73. The molecule has 0 saturated carbocycles. The normalized spacial score (nSPS) is 17.2. The second-order valence-electron chi connectivity index (χ2n) is 6.43. The molecule has 0 radical (unpaired) electrons. The third kappa shape index (κ3) is 4.32. The van der Waals surface area contributed by atoms with E-state index in [2.05, 4.69) is 45.8 Å². The molecule has 0 aromatic carbocycles. The highest BCUT2D eigenvalue weighted by atomic mass is 16.5. The van der Waals surface area contributed by atoms with Crippen molar-refractivity contribution in [2.24, 2.45) is 11.1 Å². The summed E-state index contributed by atoms with van der Waals surface area (Å²) in [6.07, 6.45) is 3.89. The van der Waals surface area contributed by atoms with Crippen LogP contribution in [-0.2, 0) is 11.2 Å². The molecule has 0 aliphatic rings. The minimum absolute atomic E-state index is 0.0289. The molecule has 3 unspecified atom stereocenters. The summed E-state index contributed by atoms with van der Waals surface area (Å²) >= 11 is 0. The molecule has 0 aliphatic heterocycles. The van der Waals surface area contributed by atoms with Crippen LogP contribution in [0.3, 0.4) is 0 Å². The second-order valence-corrected chi connectivity index (χ2v) is 6.43. The smallest absolute Gasteiger partial charge is 0.0774 e. The van der Waals surface area contributed by atoms with E-state index in [4.69, 9.17) is 10.5 Å². The number of rotatable bonds is 6. The summed E-state index contributed by atoms with van der Waals surface area (Å²) in [4.78, 5) is 0. The Hall–Kier alpha value is -0.870. The number of hydrogen-bond donors (Lipinski definition) is 1. The highest BCUT2D eigenvalue weighted by Crippen LogP contribution is 2.25. The first kappa shape index (κ1) is 16.2. The first-order chi connectivity index (χ1) is 8.79. The van der Waals surface area contributed by atoms with E-state index in [1.54, 1.807) is 7.11 Å². The van der Waals surface area contributed by atoms with Crippen molar-refractivity contribution in [3.8, 4) is 0 Å². The zero-order chi connectivity index (χ0) is 14.6.